The van der Waals surface area contributed by atoms with Gasteiger partial charge >= 0.3 is 0 Å². The Morgan fingerprint density at radius 3 is 2.56 bits per heavy atom. The number of nitrogens with zero attached hydrogens (tertiary/aromatic N) is 5. The van der Waals surface area contributed by atoms with Gasteiger partial charge in [0.05, 0.1) is 18.4 Å². The Bertz CT molecular complexity index is 878. The van der Waals surface area contributed by atoms with Gasteiger partial charge in [-0.25, -0.2) is 0 Å². The summed E-state index contributed by atoms with van der Waals surface area (Å²) in [6.45, 7) is 7.27. The molecule has 0 fully saturated rings. The van der Waals surface area contributed by atoms with Crippen LogP contribution < -0.4 is 0 Å². The van der Waals surface area contributed by atoms with Crippen molar-refractivity contribution in [3.05, 3.63) is 41.0 Å². The molecule has 144 valence electrons. The molecule has 7 nitrogen and oxygen atoms in total. The summed E-state index contributed by atoms with van der Waals surface area (Å²) in [6, 6.07) is 7.54. The van der Waals surface area contributed by atoms with Gasteiger partial charge in [-0.1, -0.05) is 42.4 Å². The predicted molar refractivity (Wildman–Crippen MR) is 105 cm³/mol. The summed E-state index contributed by atoms with van der Waals surface area (Å²) in [5, 5.41) is 14.2. The van der Waals surface area contributed by atoms with E-state index >= 15 is 0 Å². The first-order valence-corrected chi connectivity index (χ1v) is 9.93. The van der Waals surface area contributed by atoms with Crippen molar-refractivity contribution in [1.82, 2.24) is 24.9 Å². The molecule has 0 aliphatic heterocycles. The minimum absolute atomic E-state index is 0.0476. The molecular formula is C18H22ClN5O2S. The molecule has 0 saturated heterocycles. The number of methoxy groups -OCH3 is 1. The number of ether oxygens (including phenoxy) is 1. The lowest BCUT2D eigenvalue weighted by Crippen LogP contribution is -2.08. The largest absolute Gasteiger partial charge is 0.383 e. The average Bonchev–Trinajstić information content (AvgIpc) is 3.28. The van der Waals surface area contributed by atoms with Crippen LogP contribution in [0.1, 0.15) is 43.7 Å². The lowest BCUT2D eigenvalue weighted by atomic mass is 10.2. The van der Waals surface area contributed by atoms with Crippen molar-refractivity contribution in [2.24, 2.45) is 0 Å². The van der Waals surface area contributed by atoms with Crippen molar-refractivity contribution in [1.29, 1.82) is 0 Å². The first kappa shape index (κ1) is 19.9. The monoisotopic (exact) mass is 407 g/mol. The second-order valence-electron chi connectivity index (χ2n) is 6.36. The minimum atomic E-state index is -0.0476. The van der Waals surface area contributed by atoms with Crippen LogP contribution in [-0.2, 0) is 11.3 Å². The normalized spacial score (nSPS) is 12.7. The molecule has 0 amide bonds. The Hall–Kier alpha value is -1.90. The van der Waals surface area contributed by atoms with E-state index in [1.165, 1.54) is 11.8 Å². The molecule has 0 N–H and O–H groups in total. The third kappa shape index (κ3) is 4.69. The van der Waals surface area contributed by atoms with Gasteiger partial charge in [-0.3, -0.25) is 4.57 Å². The van der Waals surface area contributed by atoms with Gasteiger partial charge in [0.25, 0.3) is 0 Å². The molecule has 0 spiro atoms. The number of halogens is 1. The SMILES string of the molecule is COCCn1c(S[C@@H](C)c2nc(C(C)C)no2)nnc1-c1ccc(Cl)cc1. The summed E-state index contributed by atoms with van der Waals surface area (Å²) in [6.07, 6.45) is 0. The number of hydrogen-bond donors (Lipinski definition) is 0. The van der Waals surface area contributed by atoms with Gasteiger partial charge in [0.2, 0.25) is 5.89 Å². The van der Waals surface area contributed by atoms with Crippen molar-refractivity contribution in [2.75, 3.05) is 13.7 Å². The zero-order valence-corrected chi connectivity index (χ0v) is 17.3. The molecule has 0 saturated carbocycles. The summed E-state index contributed by atoms with van der Waals surface area (Å²) in [5.74, 6) is 2.28. The van der Waals surface area contributed by atoms with Crippen LogP contribution in [0.5, 0.6) is 0 Å². The van der Waals surface area contributed by atoms with E-state index in [1.54, 1.807) is 7.11 Å². The van der Waals surface area contributed by atoms with Crippen LogP contribution in [0.3, 0.4) is 0 Å². The van der Waals surface area contributed by atoms with Gasteiger partial charge in [-0.2, -0.15) is 4.98 Å². The number of aromatic nitrogens is 5. The van der Waals surface area contributed by atoms with E-state index in [0.29, 0.717) is 29.9 Å². The summed E-state index contributed by atoms with van der Waals surface area (Å²) < 4.78 is 12.7. The molecule has 1 atom stereocenters. The van der Waals surface area contributed by atoms with Crippen molar-refractivity contribution in [3.63, 3.8) is 0 Å². The van der Waals surface area contributed by atoms with Crippen molar-refractivity contribution >= 4 is 23.4 Å². The van der Waals surface area contributed by atoms with Gasteiger partial charge in [0, 0.05) is 23.6 Å². The number of hydrogen-bond acceptors (Lipinski definition) is 7. The Kier molecular flexibility index (Phi) is 6.51. The summed E-state index contributed by atoms with van der Waals surface area (Å²) in [7, 11) is 1.67. The fourth-order valence-corrected chi connectivity index (χ4v) is 3.46. The first-order valence-electron chi connectivity index (χ1n) is 8.67. The molecule has 1 aromatic carbocycles. The molecule has 0 bridgehead atoms. The number of rotatable bonds is 8. The van der Waals surface area contributed by atoms with Crippen molar-refractivity contribution in [3.8, 4) is 11.4 Å². The van der Waals surface area contributed by atoms with Gasteiger partial charge in [0.15, 0.2) is 16.8 Å². The second kappa shape index (κ2) is 8.86. The quantitative estimate of drug-likeness (QED) is 0.504. The highest BCUT2D eigenvalue weighted by Crippen LogP contribution is 2.35. The molecule has 3 aromatic rings. The molecule has 0 radical (unpaired) electrons. The fraction of sp³-hybridized carbons (Fsp3) is 0.444. The van der Waals surface area contributed by atoms with Crippen LogP contribution >= 0.6 is 23.4 Å². The minimum Gasteiger partial charge on any atom is -0.383 e. The topological polar surface area (TPSA) is 78.9 Å². The van der Waals surface area contributed by atoms with Crippen LogP contribution in [0.15, 0.2) is 33.9 Å². The van der Waals surface area contributed by atoms with E-state index in [4.69, 9.17) is 20.9 Å². The van der Waals surface area contributed by atoms with Crippen LogP contribution in [-0.4, -0.2) is 38.6 Å². The van der Waals surface area contributed by atoms with Crippen LogP contribution in [0.4, 0.5) is 0 Å². The van der Waals surface area contributed by atoms with Gasteiger partial charge in [-0.15, -0.1) is 10.2 Å². The molecule has 2 heterocycles. The summed E-state index contributed by atoms with van der Waals surface area (Å²) in [4.78, 5) is 4.48. The predicted octanol–water partition coefficient (Wildman–Crippen LogP) is 4.60. The third-order valence-electron chi connectivity index (χ3n) is 3.94. The number of benzene rings is 1. The van der Waals surface area contributed by atoms with E-state index in [2.05, 4.69) is 20.3 Å². The second-order valence-corrected chi connectivity index (χ2v) is 8.11. The molecular weight excluding hydrogens is 386 g/mol. The maximum absolute atomic E-state index is 6.00. The lowest BCUT2D eigenvalue weighted by molar-refractivity contribution is 0.185. The van der Waals surface area contributed by atoms with E-state index in [-0.39, 0.29) is 11.2 Å². The highest BCUT2D eigenvalue weighted by Gasteiger charge is 2.22. The number of thioether (sulfide) groups is 1. The van der Waals surface area contributed by atoms with Gasteiger partial charge in [-0.05, 0) is 31.2 Å². The molecule has 0 aliphatic carbocycles. The average molecular weight is 408 g/mol. The van der Waals surface area contributed by atoms with E-state index in [1.807, 2.05) is 49.6 Å². The van der Waals surface area contributed by atoms with E-state index < -0.39 is 0 Å². The van der Waals surface area contributed by atoms with Gasteiger partial charge in [0.1, 0.15) is 0 Å². The van der Waals surface area contributed by atoms with Crippen LogP contribution in [0.2, 0.25) is 5.02 Å². The Morgan fingerprint density at radius 1 is 1.19 bits per heavy atom. The smallest absolute Gasteiger partial charge is 0.239 e. The van der Waals surface area contributed by atoms with Crippen molar-refractivity contribution < 1.29 is 9.26 Å². The molecule has 3 rings (SSSR count). The standard InChI is InChI=1S/C18H22ClN5O2S/c1-11(2)15-20-17(26-23-15)12(3)27-18-22-21-16(24(18)9-10-25-4)13-5-7-14(19)8-6-13/h5-8,11-12H,9-10H2,1-4H3/t12-/m0/s1. The lowest BCUT2D eigenvalue weighted by Gasteiger charge is -2.11. The van der Waals surface area contributed by atoms with E-state index in [9.17, 15) is 0 Å². The van der Waals surface area contributed by atoms with Crippen molar-refractivity contribution in [2.45, 2.75) is 43.6 Å². The molecule has 27 heavy (non-hydrogen) atoms. The zero-order valence-electron chi connectivity index (χ0n) is 15.7. The maximum atomic E-state index is 6.00. The zero-order chi connectivity index (χ0) is 19.4. The molecule has 2 aromatic heterocycles. The summed E-state index contributed by atoms with van der Waals surface area (Å²) >= 11 is 7.53. The highest BCUT2D eigenvalue weighted by atomic mass is 35.5. The Morgan fingerprint density at radius 2 is 1.93 bits per heavy atom. The molecule has 0 unspecified atom stereocenters. The maximum Gasteiger partial charge on any atom is 0.239 e. The molecule has 9 heteroatoms. The molecule has 0 aliphatic rings. The van der Waals surface area contributed by atoms with Crippen LogP contribution in [0.25, 0.3) is 11.4 Å². The van der Waals surface area contributed by atoms with Gasteiger partial charge < -0.3 is 9.26 Å². The first-order chi connectivity index (χ1) is 13.0. The Labute approximate surface area is 167 Å². The van der Waals surface area contributed by atoms with E-state index in [0.717, 1.165) is 16.5 Å². The highest BCUT2D eigenvalue weighted by molar-refractivity contribution is 7.99. The third-order valence-corrected chi connectivity index (χ3v) is 5.26. The Balaban J connectivity index is 1.86. The van der Waals surface area contributed by atoms with Crippen LogP contribution in [0, 0.1) is 0 Å². The fourth-order valence-electron chi connectivity index (χ4n) is 2.43. The summed E-state index contributed by atoms with van der Waals surface area (Å²) in [5.41, 5.74) is 0.947.